The number of carbonyl (C=O) groups excluding carboxylic acids is 1. The van der Waals surface area contributed by atoms with Crippen LogP contribution in [0.4, 0.5) is 5.69 Å². The molecule has 0 amide bonds. The molecule has 10 heteroatoms. The number of nitro benzene ring substituents is 1. The minimum absolute atomic E-state index is 0.0948. The Balaban J connectivity index is 1.99. The van der Waals surface area contributed by atoms with Crippen molar-refractivity contribution in [2.45, 2.75) is 20.4 Å². The summed E-state index contributed by atoms with van der Waals surface area (Å²) in [5, 5.41) is 20.6. The van der Waals surface area contributed by atoms with Crippen LogP contribution in [-0.2, 0) is 16.1 Å². The van der Waals surface area contributed by atoms with E-state index >= 15 is 0 Å². The molecule has 4 aromatic rings. The van der Waals surface area contributed by atoms with Gasteiger partial charge >= 0.3 is 5.97 Å². The number of carbonyl (C=O) groups is 1. The fraction of sp³-hybridized carbons (Fsp3) is 0.182. The van der Waals surface area contributed by atoms with E-state index in [1.54, 1.807) is 26.0 Å². The zero-order chi connectivity index (χ0) is 22.8. The highest BCUT2D eigenvalue weighted by atomic mass is 16.6. The molecule has 162 valence electrons. The van der Waals surface area contributed by atoms with Gasteiger partial charge in [0.2, 0.25) is 0 Å². The summed E-state index contributed by atoms with van der Waals surface area (Å²) in [6.45, 7) is 3.27. The minimum atomic E-state index is -0.588. The lowest BCUT2D eigenvalue weighted by Gasteiger charge is -2.09. The Hall–Kier alpha value is -4.34. The van der Waals surface area contributed by atoms with Crippen LogP contribution >= 0.6 is 0 Å². The van der Waals surface area contributed by atoms with Gasteiger partial charge in [0.1, 0.15) is 12.2 Å². The van der Waals surface area contributed by atoms with E-state index in [0.29, 0.717) is 22.5 Å². The Morgan fingerprint density at radius 1 is 1.12 bits per heavy atom. The standard InChI is InChI=1S/C22H19N5O5/c1-3-32-18(28)13-25-22(29)21-19(20(23-25)15-8-5-4-6-9-15)14(2)26(24-21)16-10-7-11-17(12-16)27(30)31/h4-12H,3,13H2,1-2H3. The molecule has 0 unspecified atom stereocenters. The molecule has 4 rings (SSSR count). The molecule has 0 aliphatic carbocycles. The van der Waals surface area contributed by atoms with E-state index in [4.69, 9.17) is 4.74 Å². The van der Waals surface area contributed by atoms with E-state index in [1.165, 1.54) is 16.8 Å². The zero-order valence-corrected chi connectivity index (χ0v) is 17.4. The van der Waals surface area contributed by atoms with Crippen molar-refractivity contribution in [2.24, 2.45) is 0 Å². The van der Waals surface area contributed by atoms with Gasteiger partial charge in [-0.3, -0.25) is 19.7 Å². The Bertz CT molecular complexity index is 1390. The van der Waals surface area contributed by atoms with Gasteiger partial charge in [-0.05, 0) is 19.9 Å². The highest BCUT2D eigenvalue weighted by molar-refractivity contribution is 5.94. The van der Waals surface area contributed by atoms with Crippen LogP contribution in [-0.4, -0.2) is 37.1 Å². The van der Waals surface area contributed by atoms with E-state index < -0.39 is 16.5 Å². The molecular weight excluding hydrogens is 414 g/mol. The number of aromatic nitrogens is 4. The van der Waals surface area contributed by atoms with Gasteiger partial charge in [-0.15, -0.1) is 0 Å². The first-order chi connectivity index (χ1) is 15.4. The molecule has 0 fully saturated rings. The number of fused-ring (bicyclic) bond motifs is 1. The number of nitrogens with zero attached hydrogens (tertiary/aromatic N) is 5. The Labute approximate surface area is 181 Å². The van der Waals surface area contributed by atoms with Crippen molar-refractivity contribution in [3.05, 3.63) is 80.8 Å². The fourth-order valence-electron chi connectivity index (χ4n) is 3.50. The summed E-state index contributed by atoms with van der Waals surface area (Å²) < 4.78 is 7.47. The summed E-state index contributed by atoms with van der Waals surface area (Å²) >= 11 is 0. The first kappa shape index (κ1) is 20.9. The molecule has 0 saturated carbocycles. The minimum Gasteiger partial charge on any atom is -0.465 e. The molecule has 0 saturated heterocycles. The molecule has 0 atom stereocenters. The summed E-state index contributed by atoms with van der Waals surface area (Å²) in [7, 11) is 0. The lowest BCUT2D eigenvalue weighted by molar-refractivity contribution is -0.384. The molecule has 2 aromatic carbocycles. The molecule has 32 heavy (non-hydrogen) atoms. The Kier molecular flexibility index (Phi) is 5.50. The lowest BCUT2D eigenvalue weighted by atomic mass is 10.1. The van der Waals surface area contributed by atoms with Crippen molar-refractivity contribution in [1.29, 1.82) is 0 Å². The van der Waals surface area contributed by atoms with E-state index in [9.17, 15) is 19.7 Å². The second-order valence-corrected chi connectivity index (χ2v) is 6.98. The van der Waals surface area contributed by atoms with Gasteiger partial charge in [0.15, 0.2) is 5.52 Å². The van der Waals surface area contributed by atoms with Gasteiger partial charge in [-0.25, -0.2) is 9.36 Å². The van der Waals surface area contributed by atoms with Crippen molar-refractivity contribution < 1.29 is 14.5 Å². The van der Waals surface area contributed by atoms with Gasteiger partial charge < -0.3 is 4.74 Å². The molecule has 0 spiro atoms. The van der Waals surface area contributed by atoms with Crippen LogP contribution < -0.4 is 5.56 Å². The van der Waals surface area contributed by atoms with Gasteiger partial charge in [-0.1, -0.05) is 36.4 Å². The highest BCUT2D eigenvalue weighted by Gasteiger charge is 2.22. The normalized spacial score (nSPS) is 10.9. The van der Waals surface area contributed by atoms with Crippen LogP contribution in [0.25, 0.3) is 27.8 Å². The SMILES string of the molecule is CCOC(=O)Cn1nc(-c2ccccc2)c2c(C)n(-c3cccc([N+](=O)[O-])c3)nc2c1=O. The van der Waals surface area contributed by atoms with Crippen LogP contribution in [0.5, 0.6) is 0 Å². The molecular formula is C22H19N5O5. The van der Waals surface area contributed by atoms with Crippen LogP contribution in [0, 0.1) is 17.0 Å². The van der Waals surface area contributed by atoms with E-state index in [1.807, 2.05) is 30.3 Å². The van der Waals surface area contributed by atoms with Crippen molar-refractivity contribution >= 4 is 22.6 Å². The molecule has 0 aliphatic heterocycles. The average Bonchev–Trinajstić information content (AvgIpc) is 3.14. The van der Waals surface area contributed by atoms with Crippen LogP contribution in [0.2, 0.25) is 0 Å². The van der Waals surface area contributed by atoms with Gasteiger partial charge in [0.25, 0.3) is 11.2 Å². The summed E-state index contributed by atoms with van der Waals surface area (Å²) in [6, 6.07) is 15.2. The number of benzene rings is 2. The van der Waals surface area contributed by atoms with Crippen molar-refractivity contribution in [3.63, 3.8) is 0 Å². The van der Waals surface area contributed by atoms with E-state index in [0.717, 1.165) is 10.2 Å². The number of non-ortho nitro benzene ring substituents is 1. The monoisotopic (exact) mass is 433 g/mol. The third-order valence-corrected chi connectivity index (χ3v) is 4.93. The third-order valence-electron chi connectivity index (χ3n) is 4.93. The summed E-state index contributed by atoms with van der Waals surface area (Å²) in [4.78, 5) is 35.9. The number of nitro groups is 1. The predicted molar refractivity (Wildman–Crippen MR) is 117 cm³/mol. The highest BCUT2D eigenvalue weighted by Crippen LogP contribution is 2.29. The third kappa shape index (κ3) is 3.73. The maximum absolute atomic E-state index is 13.1. The van der Waals surface area contributed by atoms with Gasteiger partial charge in [0.05, 0.1) is 28.3 Å². The molecule has 10 nitrogen and oxygen atoms in total. The summed E-state index contributed by atoms with van der Waals surface area (Å²) in [6.07, 6.45) is 0. The lowest BCUT2D eigenvalue weighted by Crippen LogP contribution is -2.28. The first-order valence-corrected chi connectivity index (χ1v) is 9.87. The maximum Gasteiger partial charge on any atom is 0.327 e. The number of aryl methyl sites for hydroxylation is 1. The van der Waals surface area contributed by atoms with Crippen LogP contribution in [0.1, 0.15) is 12.6 Å². The van der Waals surface area contributed by atoms with Crippen molar-refractivity contribution in [2.75, 3.05) is 6.61 Å². The Morgan fingerprint density at radius 3 is 2.56 bits per heavy atom. The van der Waals surface area contributed by atoms with E-state index in [2.05, 4.69) is 10.2 Å². The maximum atomic E-state index is 13.1. The molecule has 0 radical (unpaired) electrons. The predicted octanol–water partition coefficient (Wildman–Crippen LogP) is 3.03. The van der Waals surface area contributed by atoms with Crippen LogP contribution in [0.15, 0.2) is 59.4 Å². The van der Waals surface area contributed by atoms with Crippen molar-refractivity contribution in [3.8, 4) is 16.9 Å². The molecule has 0 N–H and O–H groups in total. The molecule has 0 aliphatic rings. The summed E-state index contributed by atoms with van der Waals surface area (Å²) in [5.41, 5.74) is 1.68. The number of ether oxygens (including phenoxy) is 1. The molecule has 2 aromatic heterocycles. The topological polar surface area (TPSA) is 122 Å². The quantitative estimate of drug-likeness (QED) is 0.260. The smallest absolute Gasteiger partial charge is 0.327 e. The largest absolute Gasteiger partial charge is 0.465 e. The second-order valence-electron chi connectivity index (χ2n) is 6.98. The number of rotatable bonds is 6. The first-order valence-electron chi connectivity index (χ1n) is 9.87. The molecule has 0 bridgehead atoms. The zero-order valence-electron chi connectivity index (χ0n) is 17.4. The second kappa shape index (κ2) is 8.42. The van der Waals surface area contributed by atoms with E-state index in [-0.39, 0.29) is 24.4 Å². The van der Waals surface area contributed by atoms with Crippen molar-refractivity contribution in [1.82, 2.24) is 19.6 Å². The Morgan fingerprint density at radius 2 is 1.88 bits per heavy atom. The van der Waals surface area contributed by atoms with Gasteiger partial charge in [0, 0.05) is 17.7 Å². The average molecular weight is 433 g/mol. The molecule has 2 heterocycles. The fourth-order valence-corrected chi connectivity index (χ4v) is 3.50. The number of esters is 1. The summed E-state index contributed by atoms with van der Waals surface area (Å²) in [5.74, 6) is -0.588. The van der Waals surface area contributed by atoms with Crippen LogP contribution in [0.3, 0.4) is 0 Å². The number of hydrogen-bond donors (Lipinski definition) is 0. The van der Waals surface area contributed by atoms with Gasteiger partial charge in [-0.2, -0.15) is 10.2 Å². The number of hydrogen-bond acceptors (Lipinski definition) is 7.